The van der Waals surface area contributed by atoms with Crippen LogP contribution < -0.4 is 5.32 Å². The minimum Gasteiger partial charge on any atom is -0.339 e. The molecule has 0 atom stereocenters. The van der Waals surface area contributed by atoms with Crippen molar-refractivity contribution in [3.05, 3.63) is 58.0 Å². The van der Waals surface area contributed by atoms with Crippen molar-refractivity contribution in [2.24, 2.45) is 5.18 Å². The van der Waals surface area contributed by atoms with Crippen molar-refractivity contribution in [1.82, 2.24) is 25.5 Å². The lowest BCUT2D eigenvalue weighted by Gasteiger charge is -2.09. The highest BCUT2D eigenvalue weighted by molar-refractivity contribution is 5.94. The summed E-state index contributed by atoms with van der Waals surface area (Å²) in [5.41, 5.74) is 6.09. The Hall–Kier alpha value is -3.39. The molecule has 3 heterocycles. The molecule has 8 heteroatoms. The average molecular weight is 390 g/mol. The number of fused-ring (bicyclic) bond motifs is 2. The van der Waals surface area contributed by atoms with Crippen molar-refractivity contribution in [2.45, 2.75) is 26.3 Å². The van der Waals surface area contributed by atoms with Gasteiger partial charge >= 0.3 is 0 Å². The van der Waals surface area contributed by atoms with Crippen LogP contribution in [0, 0.1) is 10.7 Å². The number of aromatic nitrogens is 4. The zero-order valence-corrected chi connectivity index (χ0v) is 15.8. The normalized spacial score (nSPS) is 13.6. The van der Waals surface area contributed by atoms with Gasteiger partial charge in [0.05, 0.1) is 16.9 Å². The smallest absolute Gasteiger partial charge is 0.159 e. The van der Waals surface area contributed by atoms with Gasteiger partial charge in [0.25, 0.3) is 0 Å². The van der Waals surface area contributed by atoms with Gasteiger partial charge in [-0.05, 0) is 52.6 Å². The zero-order valence-electron chi connectivity index (χ0n) is 15.8. The Labute approximate surface area is 165 Å². The van der Waals surface area contributed by atoms with E-state index >= 15 is 0 Å². The SMILES string of the molecule is CCc1cc(N=O)c(F)cc1-c1ccc2c(-c3nc4c([nH]3)CNCC4)n[nH]c2c1. The fourth-order valence-corrected chi connectivity index (χ4v) is 3.93. The summed E-state index contributed by atoms with van der Waals surface area (Å²) >= 11 is 0. The van der Waals surface area contributed by atoms with E-state index in [1.807, 2.05) is 25.1 Å². The van der Waals surface area contributed by atoms with Crippen molar-refractivity contribution in [3.8, 4) is 22.6 Å². The molecular formula is C21H19FN6O. The Morgan fingerprint density at radius 1 is 1.24 bits per heavy atom. The standard InChI is InChI=1S/C21H19FN6O/c1-2-11-7-18(28-29)15(22)9-14(11)12-3-4-13-17(8-12)26-27-20(13)21-24-16-5-6-23-10-19(16)25-21/h3-4,7-9,23H,2,5-6,10H2,1H3,(H,24,25)(H,26,27). The number of rotatable bonds is 4. The highest BCUT2D eigenvalue weighted by Crippen LogP contribution is 2.34. The van der Waals surface area contributed by atoms with Crippen molar-refractivity contribution < 1.29 is 4.39 Å². The van der Waals surface area contributed by atoms with Gasteiger partial charge in [0, 0.05) is 24.9 Å². The molecule has 0 saturated carbocycles. The second kappa shape index (κ2) is 6.89. The van der Waals surface area contributed by atoms with Gasteiger partial charge in [0.15, 0.2) is 11.6 Å². The summed E-state index contributed by atoms with van der Waals surface area (Å²) < 4.78 is 14.2. The number of H-pyrrole nitrogens is 2. The number of halogens is 1. The third-order valence-corrected chi connectivity index (χ3v) is 5.45. The first-order valence-electron chi connectivity index (χ1n) is 9.61. The van der Waals surface area contributed by atoms with Crippen molar-refractivity contribution in [3.63, 3.8) is 0 Å². The molecule has 0 aliphatic carbocycles. The van der Waals surface area contributed by atoms with E-state index < -0.39 is 5.82 Å². The largest absolute Gasteiger partial charge is 0.339 e. The predicted molar refractivity (Wildman–Crippen MR) is 109 cm³/mol. The van der Waals surface area contributed by atoms with Gasteiger partial charge in [-0.3, -0.25) is 5.10 Å². The highest BCUT2D eigenvalue weighted by atomic mass is 19.1. The van der Waals surface area contributed by atoms with Gasteiger partial charge < -0.3 is 10.3 Å². The highest BCUT2D eigenvalue weighted by Gasteiger charge is 2.19. The third kappa shape index (κ3) is 2.92. The topological polar surface area (TPSA) is 98.8 Å². The molecule has 2 aromatic carbocycles. The van der Waals surface area contributed by atoms with Gasteiger partial charge in [0.1, 0.15) is 11.4 Å². The van der Waals surface area contributed by atoms with Crippen LogP contribution in [-0.4, -0.2) is 26.7 Å². The van der Waals surface area contributed by atoms with Gasteiger partial charge in [-0.15, -0.1) is 4.91 Å². The number of aromatic amines is 2. The molecule has 0 bridgehead atoms. The van der Waals surface area contributed by atoms with E-state index in [1.54, 1.807) is 0 Å². The number of benzene rings is 2. The molecular weight excluding hydrogens is 371 g/mol. The molecule has 0 fully saturated rings. The number of aryl methyl sites for hydroxylation is 1. The predicted octanol–water partition coefficient (Wildman–Crippen LogP) is 4.37. The van der Waals surface area contributed by atoms with Crippen molar-refractivity contribution in [2.75, 3.05) is 6.54 Å². The second-order valence-corrected chi connectivity index (χ2v) is 7.18. The van der Waals surface area contributed by atoms with Crippen LogP contribution >= 0.6 is 0 Å². The van der Waals surface area contributed by atoms with Crippen LogP contribution in [0.25, 0.3) is 33.5 Å². The summed E-state index contributed by atoms with van der Waals surface area (Å²) in [4.78, 5) is 18.9. The molecule has 4 aromatic rings. The number of nitrogens with one attached hydrogen (secondary N) is 3. The number of hydrogen-bond donors (Lipinski definition) is 3. The summed E-state index contributed by atoms with van der Waals surface area (Å²) in [7, 11) is 0. The Morgan fingerprint density at radius 2 is 2.14 bits per heavy atom. The maximum atomic E-state index is 14.2. The minimum atomic E-state index is -0.618. The van der Waals surface area contributed by atoms with Gasteiger partial charge in [-0.2, -0.15) is 5.10 Å². The van der Waals surface area contributed by atoms with E-state index in [-0.39, 0.29) is 5.69 Å². The fraction of sp³-hybridized carbons (Fsp3) is 0.238. The van der Waals surface area contributed by atoms with Crippen LogP contribution in [0.5, 0.6) is 0 Å². The van der Waals surface area contributed by atoms with Crippen LogP contribution in [-0.2, 0) is 19.4 Å². The van der Waals surface area contributed by atoms with Gasteiger partial charge in [0.2, 0.25) is 0 Å². The van der Waals surface area contributed by atoms with Gasteiger partial charge in [-0.25, -0.2) is 9.37 Å². The summed E-state index contributed by atoms with van der Waals surface area (Å²) in [6, 6.07) is 8.74. The third-order valence-electron chi connectivity index (χ3n) is 5.45. The lowest BCUT2D eigenvalue weighted by Crippen LogP contribution is -2.23. The van der Waals surface area contributed by atoms with E-state index in [9.17, 15) is 9.30 Å². The van der Waals surface area contributed by atoms with E-state index in [2.05, 4.69) is 25.7 Å². The molecule has 7 nitrogen and oxygen atoms in total. The quantitative estimate of drug-likeness (QED) is 0.451. The average Bonchev–Trinajstić information content (AvgIpc) is 3.36. The lowest BCUT2D eigenvalue weighted by atomic mass is 9.96. The zero-order chi connectivity index (χ0) is 20.0. The maximum Gasteiger partial charge on any atom is 0.159 e. The molecule has 2 aromatic heterocycles. The molecule has 5 rings (SSSR count). The molecule has 1 aliphatic heterocycles. The molecule has 0 spiro atoms. The molecule has 29 heavy (non-hydrogen) atoms. The van der Waals surface area contributed by atoms with Gasteiger partial charge in [-0.1, -0.05) is 13.0 Å². The van der Waals surface area contributed by atoms with Crippen LogP contribution in [0.2, 0.25) is 0 Å². The van der Waals surface area contributed by atoms with E-state index in [0.29, 0.717) is 6.42 Å². The van der Waals surface area contributed by atoms with Crippen LogP contribution in [0.15, 0.2) is 35.5 Å². The maximum absolute atomic E-state index is 14.2. The Morgan fingerprint density at radius 3 is 2.93 bits per heavy atom. The van der Waals surface area contributed by atoms with Crippen molar-refractivity contribution >= 4 is 16.6 Å². The molecule has 0 saturated heterocycles. The monoisotopic (exact) mass is 390 g/mol. The van der Waals surface area contributed by atoms with Crippen LogP contribution in [0.3, 0.4) is 0 Å². The van der Waals surface area contributed by atoms with E-state index in [1.165, 1.54) is 12.1 Å². The lowest BCUT2D eigenvalue weighted by molar-refractivity contribution is 0.627. The summed E-state index contributed by atoms with van der Waals surface area (Å²) in [6.07, 6.45) is 1.56. The fourth-order valence-electron chi connectivity index (χ4n) is 3.93. The second-order valence-electron chi connectivity index (χ2n) is 7.18. The Balaban J connectivity index is 1.59. The molecule has 146 valence electrons. The first-order chi connectivity index (χ1) is 14.2. The molecule has 0 unspecified atom stereocenters. The Kier molecular flexibility index (Phi) is 4.21. The Bertz CT molecular complexity index is 1220. The molecule has 0 radical (unpaired) electrons. The first kappa shape index (κ1) is 17.7. The number of hydrogen-bond acceptors (Lipinski definition) is 5. The number of nitroso groups, excluding NO2 is 1. The molecule has 1 aliphatic rings. The van der Waals surface area contributed by atoms with Crippen LogP contribution in [0.4, 0.5) is 10.1 Å². The minimum absolute atomic E-state index is 0.160. The first-order valence-corrected chi connectivity index (χ1v) is 9.61. The summed E-state index contributed by atoms with van der Waals surface area (Å²) in [5, 5.41) is 14.6. The molecule has 0 amide bonds. The summed E-state index contributed by atoms with van der Waals surface area (Å²) in [5.74, 6) is 0.131. The van der Waals surface area contributed by atoms with E-state index in [0.717, 1.165) is 70.0 Å². The number of imidazole rings is 1. The van der Waals surface area contributed by atoms with Crippen molar-refractivity contribution in [1.29, 1.82) is 0 Å². The van der Waals surface area contributed by atoms with E-state index in [4.69, 9.17) is 4.98 Å². The van der Waals surface area contributed by atoms with Crippen LogP contribution in [0.1, 0.15) is 23.9 Å². The molecule has 3 N–H and O–H groups in total. The number of nitrogens with zero attached hydrogens (tertiary/aromatic N) is 3. The summed E-state index contributed by atoms with van der Waals surface area (Å²) in [6.45, 7) is 3.67.